The summed E-state index contributed by atoms with van der Waals surface area (Å²) >= 11 is 1.50. The quantitative estimate of drug-likeness (QED) is 0.786. The summed E-state index contributed by atoms with van der Waals surface area (Å²) in [6.07, 6.45) is 5.69. The van der Waals surface area contributed by atoms with Crippen molar-refractivity contribution in [3.05, 3.63) is 48.4 Å². The van der Waals surface area contributed by atoms with Crippen LogP contribution in [0.4, 0.5) is 5.82 Å². The number of carbonyl (C=O) groups excluding carboxylic acids is 1. The first-order valence-electron chi connectivity index (χ1n) is 8.75. The zero-order valence-electron chi connectivity index (χ0n) is 15.1. The highest BCUT2D eigenvalue weighted by atomic mass is 32.2. The second-order valence-electron chi connectivity index (χ2n) is 6.44. The van der Waals surface area contributed by atoms with Gasteiger partial charge in [-0.15, -0.1) is 11.8 Å². The molecule has 2 unspecified atom stereocenters. The molecule has 0 aliphatic carbocycles. The lowest BCUT2D eigenvalue weighted by Gasteiger charge is -2.36. The van der Waals surface area contributed by atoms with Crippen molar-refractivity contribution in [2.75, 3.05) is 23.7 Å². The molecule has 1 aliphatic rings. The molecule has 1 aliphatic heterocycles. The van der Waals surface area contributed by atoms with Crippen molar-refractivity contribution in [1.82, 2.24) is 15.3 Å². The molecule has 1 amide bonds. The maximum atomic E-state index is 12.0. The molecule has 0 bridgehead atoms. The summed E-state index contributed by atoms with van der Waals surface area (Å²) in [5, 5.41) is 2.93. The van der Waals surface area contributed by atoms with E-state index in [9.17, 15) is 4.79 Å². The number of ether oxygens (including phenoxy) is 1. The summed E-state index contributed by atoms with van der Waals surface area (Å²) in [4.78, 5) is 23.8. The summed E-state index contributed by atoms with van der Waals surface area (Å²) in [5.74, 6) is 1.35. The van der Waals surface area contributed by atoms with Gasteiger partial charge in [0.25, 0.3) is 0 Å². The Hall–Kier alpha value is -2.12. The van der Waals surface area contributed by atoms with Gasteiger partial charge in [-0.3, -0.25) is 9.78 Å². The van der Waals surface area contributed by atoms with Gasteiger partial charge in [-0.05, 0) is 37.6 Å². The highest BCUT2D eigenvalue weighted by Crippen LogP contribution is 2.18. The number of rotatable bonds is 6. The van der Waals surface area contributed by atoms with E-state index < -0.39 is 0 Å². The Morgan fingerprint density at radius 3 is 2.62 bits per heavy atom. The summed E-state index contributed by atoms with van der Waals surface area (Å²) in [7, 11) is 0. The molecule has 3 rings (SSSR count). The fourth-order valence-electron chi connectivity index (χ4n) is 2.91. The van der Waals surface area contributed by atoms with Crippen LogP contribution in [0.15, 0.2) is 47.8 Å². The van der Waals surface area contributed by atoms with E-state index in [-0.39, 0.29) is 18.1 Å². The molecule has 0 saturated carbocycles. The smallest absolute Gasteiger partial charge is 0.230 e. The van der Waals surface area contributed by atoms with Gasteiger partial charge in [0, 0.05) is 43.1 Å². The van der Waals surface area contributed by atoms with Crippen LogP contribution < -0.4 is 10.2 Å². The minimum Gasteiger partial charge on any atom is -0.372 e. The number of morpholine rings is 1. The third kappa shape index (κ3) is 5.44. The van der Waals surface area contributed by atoms with Gasteiger partial charge in [-0.1, -0.05) is 6.07 Å². The van der Waals surface area contributed by atoms with Crippen molar-refractivity contribution in [1.29, 1.82) is 0 Å². The molecule has 1 saturated heterocycles. The van der Waals surface area contributed by atoms with Crippen molar-refractivity contribution < 1.29 is 9.53 Å². The van der Waals surface area contributed by atoms with Crippen LogP contribution in [-0.2, 0) is 16.1 Å². The number of hydrogen-bond acceptors (Lipinski definition) is 6. The van der Waals surface area contributed by atoms with Crippen molar-refractivity contribution in [2.24, 2.45) is 0 Å². The maximum Gasteiger partial charge on any atom is 0.230 e. The number of nitrogens with one attached hydrogen (secondary N) is 1. The van der Waals surface area contributed by atoms with Crippen LogP contribution in [0.2, 0.25) is 0 Å². The van der Waals surface area contributed by atoms with Crippen LogP contribution in [-0.4, -0.2) is 46.9 Å². The lowest BCUT2D eigenvalue weighted by Crippen LogP contribution is -2.45. The van der Waals surface area contributed by atoms with Crippen LogP contribution in [0.3, 0.4) is 0 Å². The number of nitrogens with zero attached hydrogens (tertiary/aromatic N) is 3. The minimum absolute atomic E-state index is 0.00622. The predicted octanol–water partition coefficient (Wildman–Crippen LogP) is 2.50. The van der Waals surface area contributed by atoms with Gasteiger partial charge in [-0.25, -0.2) is 4.98 Å². The van der Waals surface area contributed by atoms with Gasteiger partial charge in [-0.2, -0.15) is 0 Å². The zero-order valence-corrected chi connectivity index (χ0v) is 15.9. The monoisotopic (exact) mass is 372 g/mol. The van der Waals surface area contributed by atoms with E-state index >= 15 is 0 Å². The molecular formula is C19H24N4O2S. The van der Waals surface area contributed by atoms with Crippen molar-refractivity contribution in [3.8, 4) is 0 Å². The highest BCUT2D eigenvalue weighted by Gasteiger charge is 2.22. The second kappa shape index (κ2) is 9.00. The Labute approximate surface area is 158 Å². The number of carbonyl (C=O) groups is 1. The Morgan fingerprint density at radius 1 is 1.23 bits per heavy atom. The molecule has 138 valence electrons. The lowest BCUT2D eigenvalue weighted by atomic mass is 10.2. The second-order valence-corrected chi connectivity index (χ2v) is 7.48. The van der Waals surface area contributed by atoms with Gasteiger partial charge >= 0.3 is 0 Å². The molecule has 7 heteroatoms. The average molecular weight is 372 g/mol. The summed E-state index contributed by atoms with van der Waals surface area (Å²) in [5.41, 5.74) is 0.991. The number of aromatic nitrogens is 2. The van der Waals surface area contributed by atoms with E-state index in [1.165, 1.54) is 11.8 Å². The maximum absolute atomic E-state index is 12.0. The van der Waals surface area contributed by atoms with Crippen LogP contribution in [0.25, 0.3) is 0 Å². The molecular weight excluding hydrogens is 348 g/mol. The molecule has 26 heavy (non-hydrogen) atoms. The first-order chi connectivity index (χ1) is 12.6. The SMILES string of the molecule is CC1CN(c2ccc(CNC(=O)CSc3ccncc3)cn2)CC(C)O1. The van der Waals surface area contributed by atoms with Crippen LogP contribution in [0.1, 0.15) is 19.4 Å². The van der Waals surface area contributed by atoms with Crippen LogP contribution >= 0.6 is 11.8 Å². The fourth-order valence-corrected chi connectivity index (χ4v) is 3.62. The molecule has 2 atom stereocenters. The van der Waals surface area contributed by atoms with Crippen LogP contribution in [0, 0.1) is 0 Å². The van der Waals surface area contributed by atoms with E-state index in [2.05, 4.69) is 34.0 Å². The van der Waals surface area contributed by atoms with Gasteiger partial charge < -0.3 is 15.0 Å². The molecule has 6 nitrogen and oxygen atoms in total. The topological polar surface area (TPSA) is 67.4 Å². The third-order valence-corrected chi connectivity index (χ3v) is 5.07. The van der Waals surface area contributed by atoms with E-state index in [0.717, 1.165) is 29.4 Å². The third-order valence-electron chi connectivity index (χ3n) is 4.06. The number of anilines is 1. The zero-order chi connectivity index (χ0) is 18.4. The van der Waals surface area contributed by atoms with Gasteiger partial charge in [0.05, 0.1) is 18.0 Å². The van der Waals surface area contributed by atoms with Gasteiger partial charge in [0.2, 0.25) is 5.91 Å². The van der Waals surface area contributed by atoms with E-state index in [0.29, 0.717) is 12.3 Å². The Bertz CT molecular complexity index is 701. The molecule has 1 N–H and O–H groups in total. The summed E-state index contributed by atoms with van der Waals surface area (Å²) in [6, 6.07) is 7.82. The Kier molecular flexibility index (Phi) is 6.46. The highest BCUT2D eigenvalue weighted by molar-refractivity contribution is 8.00. The van der Waals surface area contributed by atoms with Crippen LogP contribution in [0.5, 0.6) is 0 Å². The predicted molar refractivity (Wildman–Crippen MR) is 103 cm³/mol. The average Bonchev–Trinajstić information content (AvgIpc) is 2.65. The van der Waals surface area contributed by atoms with Gasteiger partial charge in [0.1, 0.15) is 5.82 Å². The molecule has 0 radical (unpaired) electrons. The van der Waals surface area contributed by atoms with Crippen molar-refractivity contribution in [2.45, 2.75) is 37.5 Å². The minimum atomic E-state index is 0.00622. The molecule has 0 spiro atoms. The molecule has 2 aromatic rings. The fraction of sp³-hybridized carbons (Fsp3) is 0.421. The lowest BCUT2D eigenvalue weighted by molar-refractivity contribution is -0.118. The number of thioether (sulfide) groups is 1. The van der Waals surface area contributed by atoms with E-state index in [1.54, 1.807) is 12.4 Å². The summed E-state index contributed by atoms with van der Waals surface area (Å²) in [6.45, 7) is 6.34. The summed E-state index contributed by atoms with van der Waals surface area (Å²) < 4.78 is 5.76. The first kappa shape index (κ1) is 18.7. The first-order valence-corrected chi connectivity index (χ1v) is 9.73. The van der Waals surface area contributed by atoms with E-state index in [1.807, 2.05) is 30.5 Å². The largest absolute Gasteiger partial charge is 0.372 e. The molecule has 0 aromatic carbocycles. The Morgan fingerprint density at radius 2 is 1.96 bits per heavy atom. The standard InChI is InChI=1S/C19H24N4O2S/c1-14-11-23(12-15(2)25-14)18-4-3-16(9-21-18)10-22-19(24)13-26-17-5-7-20-8-6-17/h3-9,14-15H,10-13H2,1-2H3,(H,22,24). The number of amides is 1. The number of hydrogen-bond donors (Lipinski definition) is 1. The Balaban J connectivity index is 1.46. The van der Waals surface area contributed by atoms with E-state index in [4.69, 9.17) is 4.74 Å². The molecule has 2 aromatic heterocycles. The normalized spacial score (nSPS) is 20.0. The molecule has 1 fully saturated rings. The van der Waals surface area contributed by atoms with Crippen molar-refractivity contribution >= 4 is 23.5 Å². The van der Waals surface area contributed by atoms with Crippen molar-refractivity contribution in [3.63, 3.8) is 0 Å². The van der Waals surface area contributed by atoms with Gasteiger partial charge in [0.15, 0.2) is 0 Å². The number of pyridine rings is 2. The molecule has 3 heterocycles.